The summed E-state index contributed by atoms with van der Waals surface area (Å²) in [5, 5.41) is 0. The SMILES string of the molecule is CCCCCCCCCCCCCCCCCCCCCCCCCCCCCCCC(=O)OCC(COC(=O)CCCCCCC)OC(=O)CCCCCCCCCCCCCCCCCCCCCCCCC. The van der Waals surface area contributed by atoms with Crippen molar-refractivity contribution in [1.29, 1.82) is 0 Å². The average Bonchev–Trinajstić information content (AvgIpc) is 3.41. The number of unbranched alkanes of at least 4 members (excludes halogenated alkanes) is 54. The van der Waals surface area contributed by atoms with Gasteiger partial charge in [0, 0.05) is 19.3 Å². The van der Waals surface area contributed by atoms with E-state index in [1.807, 2.05) is 0 Å². The number of carbonyl (C=O) groups is 3. The van der Waals surface area contributed by atoms with Crippen LogP contribution >= 0.6 is 0 Å². The maximum atomic E-state index is 12.8. The maximum Gasteiger partial charge on any atom is 0.306 e. The monoisotopic (exact) mass is 1060 g/mol. The molecule has 0 aliphatic heterocycles. The summed E-state index contributed by atoms with van der Waals surface area (Å²) in [6.45, 7) is 6.65. The summed E-state index contributed by atoms with van der Waals surface area (Å²) < 4.78 is 16.8. The van der Waals surface area contributed by atoms with Gasteiger partial charge in [0.25, 0.3) is 0 Å². The first-order valence-electron chi connectivity index (χ1n) is 34.5. The summed E-state index contributed by atoms with van der Waals surface area (Å²) in [4.78, 5) is 38.0. The van der Waals surface area contributed by atoms with Crippen molar-refractivity contribution < 1.29 is 28.6 Å². The van der Waals surface area contributed by atoms with Crippen LogP contribution in [0.2, 0.25) is 0 Å². The molecule has 75 heavy (non-hydrogen) atoms. The van der Waals surface area contributed by atoms with Crippen molar-refractivity contribution in [1.82, 2.24) is 0 Å². The van der Waals surface area contributed by atoms with E-state index in [-0.39, 0.29) is 31.1 Å². The Labute approximate surface area is 469 Å². The molecule has 0 aliphatic carbocycles. The Morgan fingerprint density at radius 3 is 0.533 bits per heavy atom. The van der Waals surface area contributed by atoms with Crippen molar-refractivity contribution >= 4 is 17.9 Å². The molecular formula is C69H134O6. The molecule has 0 amide bonds. The summed E-state index contributed by atoms with van der Waals surface area (Å²) >= 11 is 0. The molecule has 0 N–H and O–H groups in total. The molecule has 6 heteroatoms. The molecule has 0 heterocycles. The number of hydrogen-bond acceptors (Lipinski definition) is 6. The van der Waals surface area contributed by atoms with Crippen molar-refractivity contribution in [2.75, 3.05) is 13.2 Å². The molecule has 0 saturated heterocycles. The molecular weight excluding hydrogens is 925 g/mol. The Kier molecular flexibility index (Phi) is 63.6. The summed E-state index contributed by atoms with van der Waals surface area (Å²) in [5.41, 5.74) is 0. The topological polar surface area (TPSA) is 78.9 Å². The second kappa shape index (κ2) is 64.9. The highest BCUT2D eigenvalue weighted by Crippen LogP contribution is 2.19. The molecule has 0 aromatic heterocycles. The molecule has 0 radical (unpaired) electrons. The normalized spacial score (nSPS) is 11.9. The first-order chi connectivity index (χ1) is 37.0. The molecule has 0 saturated carbocycles. The van der Waals surface area contributed by atoms with Gasteiger partial charge < -0.3 is 14.2 Å². The molecule has 0 aromatic rings. The highest BCUT2D eigenvalue weighted by molar-refractivity contribution is 5.71. The third-order valence-electron chi connectivity index (χ3n) is 16.1. The van der Waals surface area contributed by atoms with E-state index in [4.69, 9.17) is 14.2 Å². The minimum absolute atomic E-state index is 0.0622. The molecule has 1 atom stereocenters. The Morgan fingerprint density at radius 2 is 0.360 bits per heavy atom. The summed E-state index contributed by atoms with van der Waals surface area (Å²) in [6, 6.07) is 0. The largest absolute Gasteiger partial charge is 0.462 e. The fraction of sp³-hybridized carbons (Fsp3) is 0.957. The van der Waals surface area contributed by atoms with Gasteiger partial charge in [0.05, 0.1) is 0 Å². The van der Waals surface area contributed by atoms with Crippen LogP contribution in [-0.4, -0.2) is 37.2 Å². The van der Waals surface area contributed by atoms with E-state index >= 15 is 0 Å². The van der Waals surface area contributed by atoms with Crippen LogP contribution in [-0.2, 0) is 28.6 Å². The van der Waals surface area contributed by atoms with Crippen LogP contribution in [0.3, 0.4) is 0 Å². The van der Waals surface area contributed by atoms with Gasteiger partial charge >= 0.3 is 17.9 Å². The zero-order chi connectivity index (χ0) is 54.3. The summed E-state index contributed by atoms with van der Waals surface area (Å²) in [5.74, 6) is -0.844. The lowest BCUT2D eigenvalue weighted by molar-refractivity contribution is -0.167. The van der Waals surface area contributed by atoms with Crippen molar-refractivity contribution in [2.45, 2.75) is 412 Å². The van der Waals surface area contributed by atoms with Crippen LogP contribution in [0, 0.1) is 0 Å². The van der Waals surface area contributed by atoms with E-state index < -0.39 is 6.10 Å². The highest BCUT2D eigenvalue weighted by atomic mass is 16.6. The average molecular weight is 1060 g/mol. The van der Waals surface area contributed by atoms with Gasteiger partial charge in [0.15, 0.2) is 6.10 Å². The van der Waals surface area contributed by atoms with Gasteiger partial charge in [-0.3, -0.25) is 14.4 Å². The van der Waals surface area contributed by atoms with Crippen molar-refractivity contribution in [2.24, 2.45) is 0 Å². The fourth-order valence-electron chi connectivity index (χ4n) is 10.9. The van der Waals surface area contributed by atoms with Crippen LogP contribution in [0.1, 0.15) is 406 Å². The standard InChI is InChI=1S/C69H134O6/c1-4-7-10-13-15-17-19-21-23-25-27-29-31-32-33-34-35-36-38-39-41-43-45-47-49-51-53-56-59-62-68(71)74-65-66(64-73-67(70)61-58-55-12-9-6-3)75-69(72)63-60-57-54-52-50-48-46-44-42-40-37-30-28-26-24-22-20-18-16-14-11-8-5-2/h66H,4-65H2,1-3H3. The van der Waals surface area contributed by atoms with Gasteiger partial charge in [-0.25, -0.2) is 0 Å². The lowest BCUT2D eigenvalue weighted by Crippen LogP contribution is -2.30. The summed E-state index contributed by atoms with van der Waals surface area (Å²) in [7, 11) is 0. The lowest BCUT2D eigenvalue weighted by Gasteiger charge is -2.18. The molecule has 0 bridgehead atoms. The third kappa shape index (κ3) is 63.1. The fourth-order valence-corrected chi connectivity index (χ4v) is 10.9. The van der Waals surface area contributed by atoms with E-state index in [0.717, 1.165) is 64.2 Å². The number of carbonyl (C=O) groups excluding carboxylic acids is 3. The van der Waals surface area contributed by atoms with Gasteiger partial charge in [0.2, 0.25) is 0 Å². The van der Waals surface area contributed by atoms with Crippen molar-refractivity contribution in [3.63, 3.8) is 0 Å². The first kappa shape index (κ1) is 73.4. The second-order valence-electron chi connectivity index (χ2n) is 23.8. The predicted molar refractivity (Wildman–Crippen MR) is 326 cm³/mol. The molecule has 6 nitrogen and oxygen atoms in total. The minimum atomic E-state index is -0.761. The Balaban J connectivity index is 3.90. The lowest BCUT2D eigenvalue weighted by atomic mass is 10.0. The minimum Gasteiger partial charge on any atom is -0.462 e. The number of esters is 3. The molecule has 0 aromatic carbocycles. The number of hydrogen-bond donors (Lipinski definition) is 0. The first-order valence-corrected chi connectivity index (χ1v) is 34.5. The van der Waals surface area contributed by atoms with Gasteiger partial charge in [-0.15, -0.1) is 0 Å². The van der Waals surface area contributed by atoms with Gasteiger partial charge in [-0.2, -0.15) is 0 Å². The van der Waals surface area contributed by atoms with Gasteiger partial charge in [0.1, 0.15) is 13.2 Å². The van der Waals surface area contributed by atoms with Crippen molar-refractivity contribution in [3.8, 4) is 0 Å². The smallest absolute Gasteiger partial charge is 0.306 e. The van der Waals surface area contributed by atoms with Gasteiger partial charge in [-0.1, -0.05) is 367 Å². The molecule has 0 spiro atoms. The Hall–Kier alpha value is -1.59. The van der Waals surface area contributed by atoms with Crippen LogP contribution in [0.5, 0.6) is 0 Å². The molecule has 0 fully saturated rings. The van der Waals surface area contributed by atoms with E-state index in [2.05, 4.69) is 20.8 Å². The Morgan fingerprint density at radius 1 is 0.213 bits per heavy atom. The third-order valence-corrected chi connectivity index (χ3v) is 16.1. The Bertz CT molecular complexity index is 1120. The van der Waals surface area contributed by atoms with Crippen LogP contribution < -0.4 is 0 Å². The van der Waals surface area contributed by atoms with Crippen LogP contribution in [0.25, 0.3) is 0 Å². The summed E-state index contributed by atoms with van der Waals surface area (Å²) in [6.07, 6.45) is 76.2. The number of ether oxygens (including phenoxy) is 3. The van der Waals surface area contributed by atoms with E-state index in [0.29, 0.717) is 19.3 Å². The van der Waals surface area contributed by atoms with Crippen molar-refractivity contribution in [3.05, 3.63) is 0 Å². The van der Waals surface area contributed by atoms with Gasteiger partial charge in [-0.05, 0) is 19.3 Å². The van der Waals surface area contributed by atoms with Crippen LogP contribution in [0.15, 0.2) is 0 Å². The maximum absolute atomic E-state index is 12.8. The van der Waals surface area contributed by atoms with Crippen LogP contribution in [0.4, 0.5) is 0 Å². The molecule has 0 aliphatic rings. The van der Waals surface area contributed by atoms with E-state index in [1.54, 1.807) is 0 Å². The molecule has 0 rings (SSSR count). The van der Waals surface area contributed by atoms with E-state index in [9.17, 15) is 14.4 Å². The molecule has 1 unspecified atom stereocenters. The molecule has 446 valence electrons. The zero-order valence-electron chi connectivity index (χ0n) is 51.4. The quantitative estimate of drug-likeness (QED) is 0.0343. The number of rotatable bonds is 65. The second-order valence-corrected chi connectivity index (χ2v) is 23.8. The predicted octanol–water partition coefficient (Wildman–Crippen LogP) is 23.5. The zero-order valence-corrected chi connectivity index (χ0v) is 51.4. The van der Waals surface area contributed by atoms with E-state index in [1.165, 1.54) is 302 Å². The highest BCUT2D eigenvalue weighted by Gasteiger charge is 2.19.